The third-order valence-electron chi connectivity index (χ3n) is 5.51. The molecule has 0 spiro atoms. The van der Waals surface area contributed by atoms with Gasteiger partial charge in [-0.25, -0.2) is 14.8 Å². The molecule has 0 fully saturated rings. The lowest BCUT2D eigenvalue weighted by Gasteiger charge is -2.31. The number of benzene rings is 2. The van der Waals surface area contributed by atoms with Crippen LogP contribution in [0.2, 0.25) is 0 Å². The Morgan fingerprint density at radius 3 is 2.71 bits per heavy atom. The standard InChI is InChI=1S/C24H27N5O2/c1-4-28(2)23-20-16-29(24(30)25-18-11-8-12-19(15-18)31-3)14-13-21(20)26-22(27-23)17-9-6-5-7-10-17/h5-12,15H,4,13-14,16H2,1-3H3,(H,25,30). The minimum Gasteiger partial charge on any atom is -0.497 e. The summed E-state index contributed by atoms with van der Waals surface area (Å²) >= 11 is 0. The van der Waals surface area contributed by atoms with E-state index in [2.05, 4.69) is 17.1 Å². The van der Waals surface area contributed by atoms with E-state index in [1.54, 1.807) is 18.1 Å². The van der Waals surface area contributed by atoms with Crippen molar-refractivity contribution in [2.75, 3.05) is 37.5 Å². The van der Waals surface area contributed by atoms with Crippen molar-refractivity contribution in [1.82, 2.24) is 14.9 Å². The van der Waals surface area contributed by atoms with E-state index < -0.39 is 0 Å². The van der Waals surface area contributed by atoms with Gasteiger partial charge in [-0.1, -0.05) is 36.4 Å². The molecule has 0 saturated carbocycles. The summed E-state index contributed by atoms with van der Waals surface area (Å²) in [7, 11) is 3.63. The number of carbonyl (C=O) groups excluding carboxylic acids is 1. The van der Waals surface area contributed by atoms with Gasteiger partial charge in [0.15, 0.2) is 5.82 Å². The van der Waals surface area contributed by atoms with E-state index >= 15 is 0 Å². The highest BCUT2D eigenvalue weighted by molar-refractivity contribution is 5.89. The third kappa shape index (κ3) is 4.45. The summed E-state index contributed by atoms with van der Waals surface area (Å²) in [5.41, 5.74) is 3.72. The smallest absolute Gasteiger partial charge is 0.322 e. The normalized spacial score (nSPS) is 12.8. The first-order chi connectivity index (χ1) is 15.1. The van der Waals surface area contributed by atoms with Crippen molar-refractivity contribution in [2.45, 2.75) is 19.9 Å². The summed E-state index contributed by atoms with van der Waals surface area (Å²) in [5, 5.41) is 2.97. The van der Waals surface area contributed by atoms with Crippen LogP contribution in [0.1, 0.15) is 18.2 Å². The summed E-state index contributed by atoms with van der Waals surface area (Å²) in [6, 6.07) is 17.2. The molecule has 1 aliphatic heterocycles. The van der Waals surface area contributed by atoms with E-state index in [1.165, 1.54) is 0 Å². The van der Waals surface area contributed by atoms with Crippen LogP contribution in [0.3, 0.4) is 0 Å². The number of aromatic nitrogens is 2. The summed E-state index contributed by atoms with van der Waals surface area (Å²) < 4.78 is 5.24. The highest BCUT2D eigenvalue weighted by Crippen LogP contribution is 2.29. The minimum atomic E-state index is -0.142. The molecule has 0 aliphatic carbocycles. The van der Waals surface area contributed by atoms with Crippen molar-refractivity contribution in [3.63, 3.8) is 0 Å². The monoisotopic (exact) mass is 417 g/mol. The maximum Gasteiger partial charge on any atom is 0.322 e. The molecule has 31 heavy (non-hydrogen) atoms. The van der Waals surface area contributed by atoms with E-state index in [1.807, 2.05) is 55.6 Å². The maximum absolute atomic E-state index is 12.9. The average molecular weight is 418 g/mol. The number of nitrogens with zero attached hydrogens (tertiary/aromatic N) is 4. The Morgan fingerprint density at radius 2 is 1.97 bits per heavy atom. The van der Waals surface area contributed by atoms with Crippen LogP contribution in [0, 0.1) is 0 Å². The lowest BCUT2D eigenvalue weighted by molar-refractivity contribution is 0.206. The van der Waals surface area contributed by atoms with Gasteiger partial charge in [0, 0.05) is 49.4 Å². The van der Waals surface area contributed by atoms with Crippen molar-refractivity contribution in [1.29, 1.82) is 0 Å². The molecule has 2 heterocycles. The van der Waals surface area contributed by atoms with Gasteiger partial charge < -0.3 is 19.9 Å². The minimum absolute atomic E-state index is 0.142. The van der Waals surface area contributed by atoms with E-state index in [0.717, 1.165) is 35.0 Å². The van der Waals surface area contributed by atoms with Crippen molar-refractivity contribution in [3.05, 3.63) is 65.9 Å². The second kappa shape index (κ2) is 9.04. The molecule has 4 rings (SSSR count). The molecule has 0 unspecified atom stereocenters. The van der Waals surface area contributed by atoms with Gasteiger partial charge in [0.2, 0.25) is 0 Å². The van der Waals surface area contributed by atoms with Crippen molar-refractivity contribution >= 4 is 17.5 Å². The molecule has 0 bridgehead atoms. The molecule has 7 heteroatoms. The molecule has 7 nitrogen and oxygen atoms in total. The second-order valence-corrected chi connectivity index (χ2v) is 7.51. The molecule has 160 valence electrons. The number of nitrogens with one attached hydrogen (secondary N) is 1. The highest BCUT2D eigenvalue weighted by Gasteiger charge is 2.27. The molecular formula is C24H27N5O2. The number of hydrogen-bond donors (Lipinski definition) is 1. The van der Waals surface area contributed by atoms with Crippen LogP contribution in [0.5, 0.6) is 5.75 Å². The zero-order valence-electron chi connectivity index (χ0n) is 18.1. The Labute approximate surface area is 182 Å². The molecule has 0 atom stereocenters. The van der Waals surface area contributed by atoms with Gasteiger partial charge in [-0.15, -0.1) is 0 Å². The molecule has 0 saturated heterocycles. The number of carbonyl (C=O) groups is 1. The van der Waals surface area contributed by atoms with E-state index in [-0.39, 0.29) is 6.03 Å². The van der Waals surface area contributed by atoms with Gasteiger partial charge in [0.1, 0.15) is 11.6 Å². The predicted molar refractivity (Wildman–Crippen MR) is 123 cm³/mol. The van der Waals surface area contributed by atoms with Gasteiger partial charge in [-0.2, -0.15) is 0 Å². The molecule has 1 aliphatic rings. The number of hydrogen-bond acceptors (Lipinski definition) is 5. The predicted octanol–water partition coefficient (Wildman–Crippen LogP) is 4.20. The van der Waals surface area contributed by atoms with Gasteiger partial charge in [-0.3, -0.25) is 0 Å². The fraction of sp³-hybridized carbons (Fsp3) is 0.292. The zero-order chi connectivity index (χ0) is 21.8. The molecular weight excluding hydrogens is 390 g/mol. The maximum atomic E-state index is 12.9. The number of rotatable bonds is 5. The van der Waals surface area contributed by atoms with Crippen LogP contribution in [-0.4, -0.2) is 48.1 Å². The van der Waals surface area contributed by atoms with Gasteiger partial charge >= 0.3 is 6.03 Å². The first-order valence-corrected chi connectivity index (χ1v) is 10.5. The summed E-state index contributed by atoms with van der Waals surface area (Å²) in [4.78, 5) is 26.6. The molecule has 1 aromatic heterocycles. The Kier molecular flexibility index (Phi) is 6.02. The van der Waals surface area contributed by atoms with Crippen molar-refractivity contribution in [3.8, 4) is 17.1 Å². The van der Waals surface area contributed by atoms with Crippen LogP contribution in [0.25, 0.3) is 11.4 Å². The van der Waals surface area contributed by atoms with Gasteiger partial charge in [-0.05, 0) is 19.1 Å². The fourth-order valence-corrected chi connectivity index (χ4v) is 3.66. The SMILES string of the molecule is CCN(C)c1nc(-c2ccccc2)nc2c1CN(C(=O)Nc1cccc(OC)c1)CC2. The van der Waals surface area contributed by atoms with Crippen LogP contribution < -0.4 is 15.0 Å². The number of amides is 2. The lowest BCUT2D eigenvalue weighted by atomic mass is 10.0. The summed E-state index contributed by atoms with van der Waals surface area (Å²) in [6.45, 7) is 3.98. The second-order valence-electron chi connectivity index (χ2n) is 7.51. The molecule has 2 aromatic carbocycles. The Balaban J connectivity index is 1.61. The Bertz CT molecular complexity index is 1070. The Hall–Kier alpha value is -3.61. The first kappa shape index (κ1) is 20.7. The third-order valence-corrected chi connectivity index (χ3v) is 5.51. The summed E-state index contributed by atoms with van der Waals surface area (Å²) in [6.07, 6.45) is 0.688. The number of fused-ring (bicyclic) bond motifs is 1. The number of anilines is 2. The largest absolute Gasteiger partial charge is 0.497 e. The molecule has 3 aromatic rings. The summed E-state index contributed by atoms with van der Waals surface area (Å²) in [5.74, 6) is 2.31. The molecule has 1 N–H and O–H groups in total. The lowest BCUT2D eigenvalue weighted by Crippen LogP contribution is -2.40. The van der Waals surface area contributed by atoms with E-state index in [0.29, 0.717) is 30.9 Å². The van der Waals surface area contributed by atoms with Gasteiger partial charge in [0.25, 0.3) is 0 Å². The highest BCUT2D eigenvalue weighted by atomic mass is 16.5. The average Bonchev–Trinajstić information content (AvgIpc) is 2.83. The quantitative estimate of drug-likeness (QED) is 0.674. The van der Waals surface area contributed by atoms with E-state index in [9.17, 15) is 4.79 Å². The van der Waals surface area contributed by atoms with Crippen LogP contribution in [0.15, 0.2) is 54.6 Å². The van der Waals surface area contributed by atoms with Crippen LogP contribution >= 0.6 is 0 Å². The Morgan fingerprint density at radius 1 is 1.16 bits per heavy atom. The van der Waals surface area contributed by atoms with Gasteiger partial charge in [0.05, 0.1) is 19.3 Å². The van der Waals surface area contributed by atoms with Crippen molar-refractivity contribution < 1.29 is 9.53 Å². The number of urea groups is 1. The number of methoxy groups -OCH3 is 1. The first-order valence-electron chi connectivity index (χ1n) is 10.5. The fourth-order valence-electron chi connectivity index (χ4n) is 3.66. The van der Waals surface area contributed by atoms with Crippen LogP contribution in [-0.2, 0) is 13.0 Å². The zero-order valence-corrected chi connectivity index (χ0v) is 18.1. The van der Waals surface area contributed by atoms with Crippen molar-refractivity contribution in [2.24, 2.45) is 0 Å². The topological polar surface area (TPSA) is 70.6 Å². The number of ether oxygens (including phenoxy) is 1. The molecule has 2 amide bonds. The van der Waals surface area contributed by atoms with E-state index in [4.69, 9.17) is 14.7 Å². The molecule has 0 radical (unpaired) electrons. The van der Waals surface area contributed by atoms with Crippen LogP contribution in [0.4, 0.5) is 16.3 Å².